The second kappa shape index (κ2) is 9.39. The zero-order chi connectivity index (χ0) is 20.8. The third-order valence-corrected chi connectivity index (χ3v) is 4.82. The van der Waals surface area contributed by atoms with E-state index in [1.54, 1.807) is 43.8 Å². The van der Waals surface area contributed by atoms with Crippen LogP contribution >= 0.6 is 11.6 Å². The van der Waals surface area contributed by atoms with E-state index in [0.717, 1.165) is 11.1 Å². The number of hydrogen-bond donors (Lipinski definition) is 0. The molecule has 0 saturated heterocycles. The number of pyridine rings is 1. The number of nitrogens with zero attached hydrogens (tertiary/aromatic N) is 4. The fourth-order valence-corrected chi connectivity index (χ4v) is 2.90. The molecule has 2 aromatic heterocycles. The maximum atomic E-state index is 12.4. The molecule has 0 fully saturated rings. The molecule has 1 amide bonds. The lowest BCUT2D eigenvalue weighted by Gasteiger charge is -2.15. The highest BCUT2D eigenvalue weighted by atomic mass is 35.5. The molecule has 0 radical (unpaired) electrons. The molecule has 148 valence electrons. The van der Waals surface area contributed by atoms with Gasteiger partial charge in [-0.2, -0.15) is 0 Å². The van der Waals surface area contributed by atoms with Crippen molar-refractivity contribution in [3.05, 3.63) is 71.3 Å². The van der Waals surface area contributed by atoms with Gasteiger partial charge in [0.1, 0.15) is 5.15 Å². The molecular weight excluding hydrogens is 388 g/mol. The third-order valence-electron chi connectivity index (χ3n) is 4.60. The molecule has 0 bridgehead atoms. The average Bonchev–Trinajstić information content (AvgIpc) is 2.77. The predicted molar refractivity (Wildman–Crippen MR) is 113 cm³/mol. The number of hydrogen-bond acceptors (Lipinski definition) is 5. The van der Waals surface area contributed by atoms with Crippen LogP contribution in [0.2, 0.25) is 5.15 Å². The minimum atomic E-state index is -0.00130. The van der Waals surface area contributed by atoms with Crippen molar-refractivity contribution in [1.29, 1.82) is 0 Å². The number of aromatic nitrogens is 3. The number of benzene rings is 1. The van der Waals surface area contributed by atoms with Gasteiger partial charge in [-0.15, -0.1) is 0 Å². The quantitative estimate of drug-likeness (QED) is 0.428. The molecule has 0 aliphatic rings. The zero-order valence-corrected chi connectivity index (χ0v) is 17.1. The van der Waals surface area contributed by atoms with E-state index < -0.39 is 0 Å². The fourth-order valence-electron chi connectivity index (χ4n) is 2.79. The molecule has 2 heterocycles. The Labute approximate surface area is 174 Å². The van der Waals surface area contributed by atoms with E-state index in [4.69, 9.17) is 11.6 Å². The first kappa shape index (κ1) is 20.6. The van der Waals surface area contributed by atoms with Crippen LogP contribution in [0.25, 0.3) is 11.4 Å². The maximum Gasteiger partial charge on any atom is 0.226 e. The minimum Gasteiger partial charge on any atom is -0.313 e. The van der Waals surface area contributed by atoms with Gasteiger partial charge in [0.15, 0.2) is 11.6 Å². The highest BCUT2D eigenvalue weighted by Gasteiger charge is 2.11. The molecule has 6 nitrogen and oxygen atoms in total. The highest BCUT2D eigenvalue weighted by molar-refractivity contribution is 6.29. The van der Waals surface area contributed by atoms with Crippen molar-refractivity contribution in [2.45, 2.75) is 26.2 Å². The van der Waals surface area contributed by atoms with Crippen LogP contribution in [0.3, 0.4) is 0 Å². The summed E-state index contributed by atoms with van der Waals surface area (Å²) in [4.78, 5) is 38.4. The lowest BCUT2D eigenvalue weighted by molar-refractivity contribution is -0.118. The lowest BCUT2D eigenvalue weighted by atomic mass is 10.0. The van der Waals surface area contributed by atoms with Gasteiger partial charge < -0.3 is 4.90 Å². The van der Waals surface area contributed by atoms with Gasteiger partial charge in [0.25, 0.3) is 0 Å². The molecule has 0 spiro atoms. The van der Waals surface area contributed by atoms with Crippen LogP contribution in [0.4, 0.5) is 5.69 Å². The Kier molecular flexibility index (Phi) is 6.67. The van der Waals surface area contributed by atoms with Crippen LogP contribution in [0, 0.1) is 0 Å². The summed E-state index contributed by atoms with van der Waals surface area (Å²) in [6.07, 6.45) is 6.35. The van der Waals surface area contributed by atoms with Gasteiger partial charge >= 0.3 is 0 Å². The van der Waals surface area contributed by atoms with Gasteiger partial charge in [-0.05, 0) is 18.1 Å². The molecule has 0 aliphatic heterocycles. The molecule has 3 rings (SSSR count). The Morgan fingerprint density at radius 1 is 0.966 bits per heavy atom. The predicted octanol–water partition coefficient (Wildman–Crippen LogP) is 4.38. The van der Waals surface area contributed by atoms with E-state index in [1.165, 1.54) is 4.90 Å². The molecule has 0 saturated carbocycles. The van der Waals surface area contributed by atoms with E-state index in [9.17, 15) is 9.59 Å². The summed E-state index contributed by atoms with van der Waals surface area (Å²) in [7, 11) is 1.70. The number of carbonyl (C=O) groups excluding carboxylic acids is 2. The zero-order valence-electron chi connectivity index (χ0n) is 16.3. The van der Waals surface area contributed by atoms with E-state index in [0.29, 0.717) is 41.5 Å². The molecule has 3 aromatic rings. The molecule has 0 atom stereocenters. The number of amides is 1. The number of rotatable bonds is 7. The van der Waals surface area contributed by atoms with Crippen LogP contribution in [-0.4, -0.2) is 33.7 Å². The summed E-state index contributed by atoms with van der Waals surface area (Å²) in [5.41, 5.74) is 3.06. The highest BCUT2D eigenvalue weighted by Crippen LogP contribution is 2.19. The third kappa shape index (κ3) is 5.23. The van der Waals surface area contributed by atoms with Crippen molar-refractivity contribution in [3.8, 4) is 11.4 Å². The monoisotopic (exact) mass is 408 g/mol. The van der Waals surface area contributed by atoms with Gasteiger partial charge in [0.05, 0.1) is 18.1 Å². The Hall–Kier alpha value is -3.12. The number of Topliss-reactive ketones (excluding diaryl/α,β-unsaturated/α-hetero) is 1. The largest absolute Gasteiger partial charge is 0.313 e. The summed E-state index contributed by atoms with van der Waals surface area (Å²) >= 11 is 5.77. The summed E-state index contributed by atoms with van der Waals surface area (Å²) in [5, 5.41) is 0.439. The first-order valence-electron chi connectivity index (χ1n) is 9.30. The first-order chi connectivity index (χ1) is 14.0. The number of halogens is 1. The number of aryl methyl sites for hydroxylation is 1. The van der Waals surface area contributed by atoms with Gasteiger partial charge in [-0.3, -0.25) is 9.59 Å². The fraction of sp³-hybridized carbons (Fsp3) is 0.227. The van der Waals surface area contributed by atoms with Gasteiger partial charge in [-0.1, -0.05) is 48.9 Å². The SMILES string of the molecule is CCC(=O)N(C)c1cnc(-c2ccc(C(=O)CCc3ccc(Cl)nc3)cc2)nc1. The molecule has 7 heteroatoms. The molecular formula is C22H21ClN4O2. The molecule has 29 heavy (non-hydrogen) atoms. The van der Waals surface area contributed by atoms with Gasteiger partial charge in [0.2, 0.25) is 5.91 Å². The van der Waals surface area contributed by atoms with Crippen molar-refractivity contribution >= 4 is 29.0 Å². The molecule has 1 aromatic carbocycles. The summed E-state index contributed by atoms with van der Waals surface area (Å²) in [6.45, 7) is 1.81. The normalized spacial score (nSPS) is 10.6. The smallest absolute Gasteiger partial charge is 0.226 e. The Bertz CT molecular complexity index is 987. The Balaban J connectivity index is 1.64. The standard InChI is InChI=1S/C22H21ClN4O2/c1-3-21(29)27(2)18-13-25-22(26-14-18)17-8-6-16(7-9-17)19(28)10-4-15-5-11-20(23)24-12-15/h5-9,11-14H,3-4,10H2,1-2H3. The summed E-state index contributed by atoms with van der Waals surface area (Å²) in [5.74, 6) is 0.596. The lowest BCUT2D eigenvalue weighted by Crippen LogP contribution is -2.25. The Morgan fingerprint density at radius 2 is 1.66 bits per heavy atom. The number of carbonyl (C=O) groups is 2. The van der Waals surface area contributed by atoms with Crippen molar-refractivity contribution < 1.29 is 9.59 Å². The number of anilines is 1. The van der Waals surface area contributed by atoms with Crippen LogP contribution in [0.1, 0.15) is 35.7 Å². The molecule has 0 aliphatic carbocycles. The van der Waals surface area contributed by atoms with Crippen LogP contribution in [-0.2, 0) is 11.2 Å². The topological polar surface area (TPSA) is 76.1 Å². The second-order valence-electron chi connectivity index (χ2n) is 6.56. The minimum absolute atomic E-state index is 0.00130. The van der Waals surface area contributed by atoms with E-state index in [2.05, 4.69) is 15.0 Å². The van der Waals surface area contributed by atoms with E-state index in [-0.39, 0.29) is 11.7 Å². The van der Waals surface area contributed by atoms with E-state index in [1.807, 2.05) is 25.1 Å². The molecule has 0 unspecified atom stereocenters. The number of ketones is 1. The maximum absolute atomic E-state index is 12.4. The summed E-state index contributed by atoms with van der Waals surface area (Å²) < 4.78 is 0. The van der Waals surface area contributed by atoms with Crippen LogP contribution in [0.15, 0.2) is 55.0 Å². The van der Waals surface area contributed by atoms with Crippen molar-refractivity contribution in [1.82, 2.24) is 15.0 Å². The van der Waals surface area contributed by atoms with Crippen molar-refractivity contribution in [3.63, 3.8) is 0 Å². The van der Waals surface area contributed by atoms with Crippen LogP contribution < -0.4 is 4.90 Å². The molecule has 0 N–H and O–H groups in total. The second-order valence-corrected chi connectivity index (χ2v) is 6.95. The summed E-state index contributed by atoms with van der Waals surface area (Å²) in [6, 6.07) is 10.8. The van der Waals surface area contributed by atoms with Crippen molar-refractivity contribution in [2.24, 2.45) is 0 Å². The first-order valence-corrected chi connectivity index (χ1v) is 9.68. The average molecular weight is 409 g/mol. The van der Waals surface area contributed by atoms with Gasteiger partial charge in [-0.25, -0.2) is 15.0 Å². The van der Waals surface area contributed by atoms with Crippen LogP contribution in [0.5, 0.6) is 0 Å². The Morgan fingerprint density at radius 3 is 2.24 bits per heavy atom. The van der Waals surface area contributed by atoms with Crippen molar-refractivity contribution in [2.75, 3.05) is 11.9 Å². The van der Waals surface area contributed by atoms with E-state index >= 15 is 0 Å². The van der Waals surface area contributed by atoms with Gasteiger partial charge in [0, 0.05) is 37.2 Å².